The molecule has 2 aromatic carbocycles. The number of aliphatic carboxylic acids is 1. The normalized spacial score (nSPS) is 13.5. The Labute approximate surface area is 166 Å². The van der Waals surface area contributed by atoms with E-state index in [1.54, 1.807) is 19.1 Å². The van der Waals surface area contributed by atoms with Gasteiger partial charge in [0.2, 0.25) is 0 Å². The van der Waals surface area contributed by atoms with E-state index in [0.29, 0.717) is 11.4 Å². The lowest BCUT2D eigenvalue weighted by Crippen LogP contribution is -2.30. The lowest BCUT2D eigenvalue weighted by molar-refractivity contribution is -0.137. The van der Waals surface area contributed by atoms with E-state index in [9.17, 15) is 9.59 Å². The molecule has 0 aromatic heterocycles. The highest BCUT2D eigenvalue weighted by Gasteiger charge is 2.18. The Morgan fingerprint density at radius 3 is 2.29 bits per heavy atom. The van der Waals surface area contributed by atoms with E-state index in [1.807, 2.05) is 43.3 Å². The number of hydrogen-bond acceptors (Lipinski definition) is 3. The quantitative estimate of drug-likeness (QED) is 0.708. The average molecular weight is 383 g/mol. The number of anilines is 1. The fourth-order valence-electron chi connectivity index (χ4n) is 2.81. The zero-order chi connectivity index (χ0) is 20.9. The molecule has 28 heavy (non-hydrogen) atoms. The molecular weight excluding hydrogens is 354 g/mol. The van der Waals surface area contributed by atoms with Crippen LogP contribution in [0.1, 0.15) is 58.1 Å². The van der Waals surface area contributed by atoms with Crippen LogP contribution in [0, 0.1) is 0 Å². The van der Waals surface area contributed by atoms with Crippen LogP contribution in [0.2, 0.25) is 0 Å². The number of nitrogens with one attached hydrogen (secondary N) is 1. The van der Waals surface area contributed by atoms with Crippen LogP contribution in [0.3, 0.4) is 0 Å². The zero-order valence-corrected chi connectivity index (χ0v) is 17.2. The summed E-state index contributed by atoms with van der Waals surface area (Å²) in [4.78, 5) is 23.3. The van der Waals surface area contributed by atoms with Crippen LogP contribution in [0.5, 0.6) is 5.75 Å². The van der Waals surface area contributed by atoms with Crippen molar-refractivity contribution in [3.05, 3.63) is 59.7 Å². The second-order valence-electron chi connectivity index (χ2n) is 8.15. The lowest BCUT2D eigenvalue weighted by atomic mass is 9.87. The highest BCUT2D eigenvalue weighted by molar-refractivity contribution is 5.94. The van der Waals surface area contributed by atoms with Crippen LogP contribution in [-0.4, -0.2) is 23.1 Å². The fourth-order valence-corrected chi connectivity index (χ4v) is 2.81. The van der Waals surface area contributed by atoms with Gasteiger partial charge in [-0.05, 0) is 53.6 Å². The molecule has 5 heteroatoms. The van der Waals surface area contributed by atoms with Crippen molar-refractivity contribution in [1.82, 2.24) is 0 Å². The Balaban J connectivity index is 1.98. The van der Waals surface area contributed by atoms with Crippen molar-refractivity contribution in [2.75, 3.05) is 5.32 Å². The van der Waals surface area contributed by atoms with Crippen LogP contribution in [0.4, 0.5) is 5.69 Å². The molecule has 2 rings (SSSR count). The summed E-state index contributed by atoms with van der Waals surface area (Å²) in [5.74, 6) is -0.494. The maximum absolute atomic E-state index is 12.4. The summed E-state index contributed by atoms with van der Waals surface area (Å²) in [6.45, 7) is 9.96. The van der Waals surface area contributed by atoms with E-state index < -0.39 is 12.1 Å². The van der Waals surface area contributed by atoms with Gasteiger partial charge in [-0.3, -0.25) is 9.59 Å². The summed E-state index contributed by atoms with van der Waals surface area (Å²) < 4.78 is 5.81. The lowest BCUT2D eigenvalue weighted by Gasteiger charge is -2.21. The Bertz CT molecular complexity index is 821. The monoisotopic (exact) mass is 383 g/mol. The van der Waals surface area contributed by atoms with Crippen molar-refractivity contribution < 1.29 is 19.4 Å². The minimum Gasteiger partial charge on any atom is -0.481 e. The fraction of sp³-hybridized carbons (Fsp3) is 0.391. The third-order valence-electron chi connectivity index (χ3n) is 4.61. The number of carboxylic acid groups (broad SMARTS) is 1. The molecule has 2 atom stereocenters. The average Bonchev–Trinajstić information content (AvgIpc) is 2.61. The molecule has 0 saturated heterocycles. The van der Waals surface area contributed by atoms with E-state index in [2.05, 4.69) is 26.1 Å². The van der Waals surface area contributed by atoms with Crippen LogP contribution < -0.4 is 10.1 Å². The van der Waals surface area contributed by atoms with Gasteiger partial charge in [0.05, 0.1) is 6.42 Å². The molecule has 0 bridgehead atoms. The van der Waals surface area contributed by atoms with E-state index in [0.717, 1.165) is 11.1 Å². The summed E-state index contributed by atoms with van der Waals surface area (Å²) in [5, 5.41) is 11.7. The Kier molecular flexibility index (Phi) is 6.84. The molecule has 150 valence electrons. The second-order valence-corrected chi connectivity index (χ2v) is 8.15. The van der Waals surface area contributed by atoms with Gasteiger partial charge in [0.25, 0.3) is 5.91 Å². The van der Waals surface area contributed by atoms with Gasteiger partial charge in [0, 0.05) is 5.69 Å². The molecule has 1 amide bonds. The van der Waals surface area contributed by atoms with Gasteiger partial charge < -0.3 is 15.2 Å². The first-order chi connectivity index (χ1) is 13.1. The Morgan fingerprint density at radius 2 is 1.71 bits per heavy atom. The largest absolute Gasteiger partial charge is 0.481 e. The predicted octanol–water partition coefficient (Wildman–Crippen LogP) is 4.97. The number of ether oxygens (including phenoxy) is 1. The number of hydrogen-bond donors (Lipinski definition) is 2. The van der Waals surface area contributed by atoms with Crippen molar-refractivity contribution in [2.45, 2.75) is 58.5 Å². The van der Waals surface area contributed by atoms with Crippen molar-refractivity contribution in [3.63, 3.8) is 0 Å². The van der Waals surface area contributed by atoms with Crippen molar-refractivity contribution in [3.8, 4) is 5.75 Å². The van der Waals surface area contributed by atoms with Gasteiger partial charge in [0.1, 0.15) is 5.75 Å². The van der Waals surface area contributed by atoms with E-state index in [1.165, 1.54) is 0 Å². The number of amides is 1. The van der Waals surface area contributed by atoms with Crippen molar-refractivity contribution >= 4 is 17.6 Å². The van der Waals surface area contributed by atoms with Gasteiger partial charge in [-0.25, -0.2) is 0 Å². The molecule has 0 fully saturated rings. The number of benzene rings is 2. The highest BCUT2D eigenvalue weighted by atomic mass is 16.5. The van der Waals surface area contributed by atoms with Crippen molar-refractivity contribution in [1.29, 1.82) is 0 Å². The molecule has 0 aliphatic carbocycles. The topological polar surface area (TPSA) is 75.6 Å². The third-order valence-corrected chi connectivity index (χ3v) is 4.61. The maximum Gasteiger partial charge on any atom is 0.303 e. The molecule has 0 radical (unpaired) electrons. The molecule has 0 saturated carbocycles. The highest BCUT2D eigenvalue weighted by Crippen LogP contribution is 2.26. The predicted molar refractivity (Wildman–Crippen MR) is 111 cm³/mol. The summed E-state index contributed by atoms with van der Waals surface area (Å²) >= 11 is 0. The second kappa shape index (κ2) is 8.91. The van der Waals surface area contributed by atoms with Gasteiger partial charge >= 0.3 is 5.97 Å². The first kappa shape index (κ1) is 21.5. The molecule has 0 aliphatic heterocycles. The Hall–Kier alpha value is -2.82. The minimum absolute atomic E-state index is 0.00435. The maximum atomic E-state index is 12.4. The molecule has 2 N–H and O–H groups in total. The molecule has 0 aliphatic rings. The SMILES string of the molecule is CC(Oc1cccc(C(C)(C)C)c1)C(=O)Nc1ccc(C(C)CC(=O)O)cc1. The summed E-state index contributed by atoms with van der Waals surface area (Å²) in [6, 6.07) is 15.0. The summed E-state index contributed by atoms with van der Waals surface area (Å²) in [6.07, 6.45) is -0.578. The van der Waals surface area contributed by atoms with Crippen LogP contribution in [0.15, 0.2) is 48.5 Å². The zero-order valence-electron chi connectivity index (χ0n) is 17.2. The van der Waals surface area contributed by atoms with E-state index in [-0.39, 0.29) is 23.7 Å². The summed E-state index contributed by atoms with van der Waals surface area (Å²) in [5.41, 5.74) is 2.72. The number of carbonyl (C=O) groups is 2. The molecular formula is C23H29NO4. The van der Waals surface area contributed by atoms with Gasteiger partial charge in [0.15, 0.2) is 6.10 Å². The standard InChI is InChI=1S/C23H29NO4/c1-15(13-21(25)26)17-9-11-19(12-10-17)24-22(27)16(2)28-20-8-6-7-18(14-20)23(3,4)5/h6-12,14-16H,13H2,1-5H3,(H,24,27)(H,25,26). The van der Waals surface area contributed by atoms with Gasteiger partial charge in [-0.15, -0.1) is 0 Å². The number of rotatable bonds is 7. The van der Waals surface area contributed by atoms with Crippen LogP contribution in [-0.2, 0) is 15.0 Å². The van der Waals surface area contributed by atoms with Crippen LogP contribution >= 0.6 is 0 Å². The van der Waals surface area contributed by atoms with Crippen LogP contribution in [0.25, 0.3) is 0 Å². The molecule has 5 nitrogen and oxygen atoms in total. The molecule has 0 heterocycles. The summed E-state index contributed by atoms with van der Waals surface area (Å²) in [7, 11) is 0. The smallest absolute Gasteiger partial charge is 0.303 e. The molecule has 0 spiro atoms. The molecule has 2 unspecified atom stereocenters. The first-order valence-electron chi connectivity index (χ1n) is 9.46. The molecule has 2 aromatic rings. The third kappa shape index (κ3) is 6.12. The van der Waals surface area contributed by atoms with E-state index in [4.69, 9.17) is 9.84 Å². The first-order valence-corrected chi connectivity index (χ1v) is 9.46. The number of carboxylic acids is 1. The number of carbonyl (C=O) groups excluding carboxylic acids is 1. The minimum atomic E-state index is -0.827. The van der Waals surface area contributed by atoms with Gasteiger partial charge in [-0.2, -0.15) is 0 Å². The van der Waals surface area contributed by atoms with E-state index >= 15 is 0 Å². The Morgan fingerprint density at radius 1 is 1.07 bits per heavy atom. The van der Waals surface area contributed by atoms with Crippen molar-refractivity contribution in [2.24, 2.45) is 0 Å². The van der Waals surface area contributed by atoms with Gasteiger partial charge in [-0.1, -0.05) is 52.0 Å².